The van der Waals surface area contributed by atoms with Gasteiger partial charge in [-0.1, -0.05) is 48.1 Å². The molecule has 0 fully saturated rings. The normalized spacial score (nSPS) is 12.0. The summed E-state index contributed by atoms with van der Waals surface area (Å²) in [5, 5.41) is 9.93. The summed E-state index contributed by atoms with van der Waals surface area (Å²) in [7, 11) is -0.743. The van der Waals surface area contributed by atoms with Crippen LogP contribution in [0.15, 0.2) is 30.3 Å². The Morgan fingerprint density at radius 2 is 2.00 bits per heavy atom. The van der Waals surface area contributed by atoms with E-state index in [-0.39, 0.29) is 0 Å². The summed E-state index contributed by atoms with van der Waals surface area (Å²) < 4.78 is 0. The maximum absolute atomic E-state index is 8.42. The topological polar surface area (TPSA) is 23.8 Å². The average molecular weight is 189 g/mol. The van der Waals surface area contributed by atoms with Gasteiger partial charge >= 0.3 is 0 Å². The van der Waals surface area contributed by atoms with Crippen molar-refractivity contribution in [2.75, 3.05) is 0 Å². The third kappa shape index (κ3) is 3.43. The van der Waals surface area contributed by atoms with E-state index in [2.05, 4.69) is 42.9 Å². The summed E-state index contributed by atoms with van der Waals surface area (Å²) in [6.07, 6.45) is 1.78. The summed E-state index contributed by atoms with van der Waals surface area (Å²) >= 11 is 0. The highest BCUT2D eigenvalue weighted by Crippen LogP contribution is 2.01. The summed E-state index contributed by atoms with van der Waals surface area (Å²) in [6, 6.07) is 14.1. The van der Waals surface area contributed by atoms with Gasteiger partial charge in [-0.3, -0.25) is 0 Å². The lowest BCUT2D eigenvalue weighted by atomic mass is 10.4. The highest BCUT2D eigenvalue weighted by atomic mass is 28.3. The van der Waals surface area contributed by atoms with E-state index in [0.717, 1.165) is 6.42 Å². The van der Waals surface area contributed by atoms with E-state index in [1.165, 1.54) is 11.2 Å². The molecule has 2 heteroatoms. The average Bonchev–Trinajstić information content (AvgIpc) is 2.19. The second-order valence-corrected chi connectivity index (χ2v) is 6.41. The number of rotatable bonds is 4. The zero-order valence-electron chi connectivity index (χ0n) is 8.03. The molecule has 13 heavy (non-hydrogen) atoms. The van der Waals surface area contributed by atoms with Crippen LogP contribution in [-0.2, 0) is 0 Å². The molecule has 0 aromatic heterocycles. The van der Waals surface area contributed by atoms with E-state index in [0.29, 0.717) is 6.42 Å². The van der Waals surface area contributed by atoms with Crippen LogP contribution in [0.5, 0.6) is 0 Å². The van der Waals surface area contributed by atoms with Crippen LogP contribution in [0.25, 0.3) is 0 Å². The Hall–Kier alpha value is -1.07. The molecule has 0 radical (unpaired) electrons. The predicted molar refractivity (Wildman–Crippen MR) is 58.7 cm³/mol. The fraction of sp³-hybridized carbons (Fsp3) is 0.364. The summed E-state index contributed by atoms with van der Waals surface area (Å²) in [5.41, 5.74) is 0. The molecule has 0 aliphatic heterocycles. The zero-order chi connectivity index (χ0) is 9.52. The fourth-order valence-corrected chi connectivity index (χ4v) is 3.46. The Kier molecular flexibility index (Phi) is 4.28. The van der Waals surface area contributed by atoms with Crippen molar-refractivity contribution in [1.82, 2.24) is 0 Å². The van der Waals surface area contributed by atoms with Crippen LogP contribution < -0.4 is 5.19 Å². The van der Waals surface area contributed by atoms with E-state index in [1.54, 1.807) is 0 Å². The Morgan fingerprint density at radius 1 is 1.31 bits per heavy atom. The standard InChI is InChI=1S/C11H15NSi/c1-13(10-6-5-9-12)11-7-3-2-4-8-11/h2-4,7-8,13H,5-6,10H2,1H3. The first-order valence-electron chi connectivity index (χ1n) is 4.76. The van der Waals surface area contributed by atoms with E-state index < -0.39 is 8.80 Å². The molecular weight excluding hydrogens is 174 g/mol. The maximum atomic E-state index is 8.42. The molecule has 0 saturated carbocycles. The quantitative estimate of drug-likeness (QED) is 0.525. The van der Waals surface area contributed by atoms with Gasteiger partial charge < -0.3 is 0 Å². The minimum Gasteiger partial charge on any atom is -0.198 e. The number of nitriles is 1. The van der Waals surface area contributed by atoms with Crippen LogP contribution in [0, 0.1) is 11.3 Å². The molecule has 0 bridgehead atoms. The minimum atomic E-state index is -0.743. The molecule has 0 amide bonds. The third-order valence-electron chi connectivity index (χ3n) is 2.29. The molecule has 0 spiro atoms. The summed E-state index contributed by atoms with van der Waals surface area (Å²) in [6.45, 7) is 2.35. The van der Waals surface area contributed by atoms with Crippen LogP contribution in [-0.4, -0.2) is 8.80 Å². The van der Waals surface area contributed by atoms with Crippen molar-refractivity contribution in [3.63, 3.8) is 0 Å². The fourth-order valence-electron chi connectivity index (χ4n) is 1.44. The van der Waals surface area contributed by atoms with Crippen LogP contribution in [0.2, 0.25) is 12.6 Å². The van der Waals surface area contributed by atoms with E-state index in [4.69, 9.17) is 5.26 Å². The highest BCUT2D eigenvalue weighted by molar-refractivity contribution is 6.71. The summed E-state index contributed by atoms with van der Waals surface area (Å²) in [5.74, 6) is 0. The lowest BCUT2D eigenvalue weighted by molar-refractivity contribution is 0.955. The molecule has 1 unspecified atom stereocenters. The molecule has 1 aromatic rings. The van der Waals surface area contributed by atoms with Gasteiger partial charge in [0.2, 0.25) is 0 Å². The van der Waals surface area contributed by atoms with Gasteiger partial charge in [0.15, 0.2) is 0 Å². The number of benzene rings is 1. The Bertz CT molecular complexity index is 276. The van der Waals surface area contributed by atoms with Crippen LogP contribution >= 0.6 is 0 Å². The van der Waals surface area contributed by atoms with Gasteiger partial charge in [0.1, 0.15) is 0 Å². The van der Waals surface area contributed by atoms with Gasteiger partial charge in [-0.05, 0) is 6.42 Å². The molecule has 1 aromatic carbocycles. The van der Waals surface area contributed by atoms with Crippen molar-refractivity contribution in [3.05, 3.63) is 30.3 Å². The van der Waals surface area contributed by atoms with Gasteiger partial charge in [0.05, 0.1) is 14.9 Å². The highest BCUT2D eigenvalue weighted by Gasteiger charge is 2.05. The van der Waals surface area contributed by atoms with E-state index in [9.17, 15) is 0 Å². The predicted octanol–water partition coefficient (Wildman–Crippen LogP) is 2.05. The number of hydrogen-bond acceptors (Lipinski definition) is 1. The molecule has 1 rings (SSSR count). The molecule has 0 saturated heterocycles. The van der Waals surface area contributed by atoms with E-state index >= 15 is 0 Å². The second-order valence-electron chi connectivity index (χ2n) is 3.36. The number of hydrogen-bond donors (Lipinski definition) is 0. The van der Waals surface area contributed by atoms with Gasteiger partial charge in [-0.25, -0.2) is 0 Å². The SMILES string of the molecule is C[SiH](CCCC#N)c1ccccc1. The number of nitrogens with zero attached hydrogens (tertiary/aromatic N) is 1. The smallest absolute Gasteiger partial charge is 0.0678 e. The van der Waals surface area contributed by atoms with Crippen molar-refractivity contribution in [2.45, 2.75) is 25.4 Å². The van der Waals surface area contributed by atoms with Crippen LogP contribution in [0.3, 0.4) is 0 Å². The van der Waals surface area contributed by atoms with Crippen molar-refractivity contribution in [3.8, 4) is 6.07 Å². The Balaban J connectivity index is 2.41. The first-order chi connectivity index (χ1) is 6.34. The monoisotopic (exact) mass is 189 g/mol. The van der Waals surface area contributed by atoms with Crippen molar-refractivity contribution < 1.29 is 0 Å². The first kappa shape index (κ1) is 10.0. The van der Waals surface area contributed by atoms with Crippen molar-refractivity contribution in [1.29, 1.82) is 5.26 Å². The van der Waals surface area contributed by atoms with Crippen molar-refractivity contribution in [2.24, 2.45) is 0 Å². The van der Waals surface area contributed by atoms with Gasteiger partial charge in [0.25, 0.3) is 0 Å². The van der Waals surface area contributed by atoms with E-state index in [1.807, 2.05) is 0 Å². The molecule has 68 valence electrons. The lowest BCUT2D eigenvalue weighted by Gasteiger charge is -2.07. The van der Waals surface area contributed by atoms with Crippen LogP contribution in [0.1, 0.15) is 12.8 Å². The molecule has 0 N–H and O–H groups in total. The third-order valence-corrected chi connectivity index (χ3v) is 5.09. The molecular formula is C11H15NSi. The first-order valence-corrected chi connectivity index (χ1v) is 7.31. The van der Waals surface area contributed by atoms with Gasteiger partial charge in [-0.15, -0.1) is 0 Å². The largest absolute Gasteiger partial charge is 0.198 e. The minimum absolute atomic E-state index is 0.712. The molecule has 0 aliphatic rings. The summed E-state index contributed by atoms with van der Waals surface area (Å²) in [4.78, 5) is 0. The maximum Gasteiger partial charge on any atom is 0.0678 e. The second kappa shape index (κ2) is 5.55. The number of unbranched alkanes of at least 4 members (excludes halogenated alkanes) is 1. The Morgan fingerprint density at radius 3 is 2.62 bits per heavy atom. The molecule has 1 atom stereocenters. The molecule has 0 heterocycles. The van der Waals surface area contributed by atoms with Crippen molar-refractivity contribution >= 4 is 14.0 Å². The van der Waals surface area contributed by atoms with Gasteiger partial charge in [0, 0.05) is 6.42 Å². The lowest BCUT2D eigenvalue weighted by Crippen LogP contribution is -2.25. The van der Waals surface area contributed by atoms with Gasteiger partial charge in [-0.2, -0.15) is 5.26 Å². The Labute approximate surface area is 81.6 Å². The molecule has 0 aliphatic carbocycles. The molecule has 1 nitrogen and oxygen atoms in total. The van der Waals surface area contributed by atoms with Crippen LogP contribution in [0.4, 0.5) is 0 Å². The zero-order valence-corrected chi connectivity index (χ0v) is 9.19.